The minimum atomic E-state index is -0.554. The van der Waals surface area contributed by atoms with Crippen molar-refractivity contribution in [1.82, 2.24) is 9.55 Å². The SMILES string of the molecule is CC(C)Cc1ccc([C@@H]([NH2+]Cc2nc3ccccc3c(=O)n2CC(N)=O)C(C)C)cc1. The summed E-state index contributed by atoms with van der Waals surface area (Å²) in [5, 5.41) is 2.68. The molecule has 0 aliphatic carbocycles. The monoisotopic (exact) mass is 421 g/mol. The normalized spacial score (nSPS) is 12.6. The van der Waals surface area contributed by atoms with Gasteiger partial charge in [0, 0.05) is 11.5 Å². The first-order chi connectivity index (χ1) is 14.8. The number of nitrogens with two attached hydrogens (primary N) is 2. The lowest BCUT2D eigenvalue weighted by Gasteiger charge is -2.21. The van der Waals surface area contributed by atoms with Crippen molar-refractivity contribution in [2.45, 2.75) is 53.2 Å². The molecule has 3 rings (SSSR count). The number of carbonyl (C=O) groups is 1. The molecular weight excluding hydrogens is 388 g/mol. The first kappa shape index (κ1) is 22.7. The third-order valence-corrected chi connectivity index (χ3v) is 5.54. The van der Waals surface area contributed by atoms with E-state index in [0.717, 1.165) is 6.42 Å². The third-order valence-electron chi connectivity index (χ3n) is 5.54. The van der Waals surface area contributed by atoms with Gasteiger partial charge >= 0.3 is 0 Å². The smallest absolute Gasteiger partial charge is 0.262 e. The van der Waals surface area contributed by atoms with Gasteiger partial charge in [-0.1, -0.05) is 64.1 Å². The summed E-state index contributed by atoms with van der Waals surface area (Å²) in [6, 6.07) is 16.2. The van der Waals surface area contributed by atoms with Crippen LogP contribution in [0.4, 0.5) is 0 Å². The minimum Gasteiger partial charge on any atom is -0.368 e. The summed E-state index contributed by atoms with van der Waals surface area (Å²) in [6.45, 7) is 9.13. The highest BCUT2D eigenvalue weighted by molar-refractivity contribution is 5.78. The van der Waals surface area contributed by atoms with Crippen LogP contribution in [0.5, 0.6) is 0 Å². The number of carbonyl (C=O) groups excluding carboxylic acids is 1. The van der Waals surface area contributed by atoms with Crippen LogP contribution in [-0.2, 0) is 24.3 Å². The van der Waals surface area contributed by atoms with Crippen LogP contribution in [0, 0.1) is 11.8 Å². The van der Waals surface area contributed by atoms with Gasteiger partial charge in [0.25, 0.3) is 5.56 Å². The van der Waals surface area contributed by atoms with Crippen LogP contribution in [0.3, 0.4) is 0 Å². The van der Waals surface area contributed by atoms with Gasteiger partial charge in [-0.3, -0.25) is 14.2 Å². The van der Waals surface area contributed by atoms with Crippen molar-refractivity contribution < 1.29 is 10.1 Å². The fourth-order valence-corrected chi connectivity index (χ4v) is 4.06. The van der Waals surface area contributed by atoms with E-state index in [2.05, 4.69) is 62.3 Å². The van der Waals surface area contributed by atoms with Crippen LogP contribution in [0.15, 0.2) is 53.3 Å². The van der Waals surface area contributed by atoms with Gasteiger partial charge in [-0.05, 0) is 30.0 Å². The van der Waals surface area contributed by atoms with E-state index in [1.165, 1.54) is 15.7 Å². The Hall–Kier alpha value is -2.99. The second-order valence-corrected chi connectivity index (χ2v) is 8.95. The Bertz CT molecular complexity index is 1100. The number of quaternary nitrogens is 1. The molecule has 0 saturated heterocycles. The summed E-state index contributed by atoms with van der Waals surface area (Å²) in [4.78, 5) is 29.3. The molecule has 0 radical (unpaired) electrons. The molecule has 0 aliphatic rings. The number of fused-ring (bicyclic) bond motifs is 1. The summed E-state index contributed by atoms with van der Waals surface area (Å²) in [7, 11) is 0. The van der Waals surface area contributed by atoms with Gasteiger partial charge in [-0.2, -0.15) is 0 Å². The minimum absolute atomic E-state index is 0.171. The summed E-state index contributed by atoms with van der Waals surface area (Å²) < 4.78 is 1.41. The van der Waals surface area contributed by atoms with Gasteiger partial charge in [-0.15, -0.1) is 0 Å². The maximum absolute atomic E-state index is 13.0. The van der Waals surface area contributed by atoms with Crippen LogP contribution in [0.1, 0.15) is 50.7 Å². The summed E-state index contributed by atoms with van der Waals surface area (Å²) in [6.07, 6.45) is 1.07. The van der Waals surface area contributed by atoms with E-state index in [0.29, 0.717) is 35.1 Å². The number of primary amides is 1. The molecule has 0 aliphatic heterocycles. The zero-order valence-corrected chi connectivity index (χ0v) is 18.8. The molecule has 1 amide bonds. The lowest BCUT2D eigenvalue weighted by Crippen LogP contribution is -2.85. The van der Waals surface area contributed by atoms with Crippen LogP contribution < -0.4 is 16.6 Å². The third kappa shape index (κ3) is 5.58. The lowest BCUT2D eigenvalue weighted by atomic mass is 9.93. The van der Waals surface area contributed by atoms with Crippen molar-refractivity contribution in [2.75, 3.05) is 0 Å². The quantitative estimate of drug-likeness (QED) is 0.556. The van der Waals surface area contributed by atoms with E-state index in [9.17, 15) is 9.59 Å². The van der Waals surface area contributed by atoms with Crippen molar-refractivity contribution in [2.24, 2.45) is 17.6 Å². The van der Waals surface area contributed by atoms with Crippen molar-refractivity contribution in [3.8, 4) is 0 Å². The van der Waals surface area contributed by atoms with Gasteiger partial charge in [0.2, 0.25) is 5.91 Å². The van der Waals surface area contributed by atoms with Gasteiger partial charge < -0.3 is 11.1 Å². The van der Waals surface area contributed by atoms with E-state index in [4.69, 9.17) is 5.73 Å². The maximum atomic E-state index is 13.0. The Kier molecular flexibility index (Phi) is 7.23. The predicted molar refractivity (Wildman–Crippen MR) is 123 cm³/mol. The van der Waals surface area contributed by atoms with E-state index in [1.54, 1.807) is 12.1 Å². The van der Waals surface area contributed by atoms with Crippen molar-refractivity contribution in [3.05, 3.63) is 75.8 Å². The molecule has 2 aromatic carbocycles. The second-order valence-electron chi connectivity index (χ2n) is 8.95. The Morgan fingerprint density at radius 1 is 1.06 bits per heavy atom. The predicted octanol–water partition coefficient (Wildman–Crippen LogP) is 2.54. The topological polar surface area (TPSA) is 94.6 Å². The molecule has 0 spiro atoms. The van der Waals surface area contributed by atoms with E-state index >= 15 is 0 Å². The molecule has 164 valence electrons. The van der Waals surface area contributed by atoms with E-state index in [1.807, 2.05) is 12.1 Å². The summed E-state index contributed by atoms with van der Waals surface area (Å²) >= 11 is 0. The van der Waals surface area contributed by atoms with Crippen LogP contribution >= 0.6 is 0 Å². The number of nitrogens with zero attached hydrogens (tertiary/aromatic N) is 2. The number of hydrogen-bond acceptors (Lipinski definition) is 3. The van der Waals surface area contributed by atoms with Crippen LogP contribution in [0.2, 0.25) is 0 Å². The number of hydrogen-bond donors (Lipinski definition) is 2. The van der Waals surface area contributed by atoms with Crippen molar-refractivity contribution in [1.29, 1.82) is 0 Å². The highest BCUT2D eigenvalue weighted by Crippen LogP contribution is 2.19. The molecule has 31 heavy (non-hydrogen) atoms. The highest BCUT2D eigenvalue weighted by Gasteiger charge is 2.21. The van der Waals surface area contributed by atoms with Gasteiger partial charge in [0.1, 0.15) is 19.1 Å². The molecule has 6 nitrogen and oxygen atoms in total. The first-order valence-electron chi connectivity index (χ1n) is 10.9. The Morgan fingerprint density at radius 3 is 2.35 bits per heavy atom. The average Bonchev–Trinajstić information content (AvgIpc) is 2.71. The molecule has 0 unspecified atom stereocenters. The molecule has 1 heterocycles. The number of rotatable bonds is 9. The Morgan fingerprint density at radius 2 is 1.74 bits per heavy atom. The largest absolute Gasteiger partial charge is 0.368 e. The number of amides is 1. The molecular formula is C25H33N4O2+. The molecule has 0 bridgehead atoms. The van der Waals surface area contributed by atoms with Gasteiger partial charge in [-0.25, -0.2) is 4.98 Å². The summed E-state index contributed by atoms with van der Waals surface area (Å²) in [5.74, 6) is 1.01. The van der Waals surface area contributed by atoms with Crippen LogP contribution in [-0.4, -0.2) is 15.5 Å². The average molecular weight is 422 g/mol. The Labute approximate surface area is 183 Å². The standard InChI is InChI=1S/C25H32N4O2/c1-16(2)13-18-9-11-19(12-10-18)24(17(3)4)27-14-23-28-21-8-6-5-7-20(21)25(31)29(23)15-22(26)30/h5-12,16-17,24,27H,13-15H2,1-4H3,(H2,26,30)/p+1/t24-/m0/s1. The van der Waals surface area contributed by atoms with Crippen LogP contribution in [0.25, 0.3) is 10.9 Å². The maximum Gasteiger partial charge on any atom is 0.262 e. The van der Waals surface area contributed by atoms with Crippen molar-refractivity contribution in [3.63, 3.8) is 0 Å². The highest BCUT2D eigenvalue weighted by atomic mass is 16.2. The summed E-state index contributed by atoms with van der Waals surface area (Å²) in [5.41, 5.74) is 8.40. The number of para-hydroxylation sites is 1. The second kappa shape index (κ2) is 9.88. The fraction of sp³-hybridized carbons (Fsp3) is 0.400. The lowest BCUT2D eigenvalue weighted by molar-refractivity contribution is -0.718. The zero-order chi connectivity index (χ0) is 22.5. The fourth-order valence-electron chi connectivity index (χ4n) is 4.06. The number of aromatic nitrogens is 2. The molecule has 4 N–H and O–H groups in total. The van der Waals surface area contributed by atoms with Crippen molar-refractivity contribution >= 4 is 16.8 Å². The molecule has 1 aromatic heterocycles. The van der Waals surface area contributed by atoms with E-state index < -0.39 is 5.91 Å². The van der Waals surface area contributed by atoms with Gasteiger partial charge in [0.15, 0.2) is 5.82 Å². The first-order valence-corrected chi connectivity index (χ1v) is 10.9. The van der Waals surface area contributed by atoms with Gasteiger partial charge in [0.05, 0.1) is 10.9 Å². The molecule has 3 aromatic rings. The molecule has 1 atom stereocenters. The van der Waals surface area contributed by atoms with E-state index in [-0.39, 0.29) is 18.1 Å². The Balaban J connectivity index is 1.89. The zero-order valence-electron chi connectivity index (χ0n) is 18.8. The number of benzene rings is 2. The molecule has 0 saturated carbocycles. The molecule has 0 fully saturated rings. The molecule has 6 heteroatoms.